The maximum Gasteiger partial charge on any atom is 0.195 e. The van der Waals surface area contributed by atoms with Crippen LogP contribution in [0.5, 0.6) is 0 Å². The zero-order valence-electron chi connectivity index (χ0n) is 7.51. The van der Waals surface area contributed by atoms with Crippen LogP contribution >= 0.6 is 27.3 Å². The van der Waals surface area contributed by atoms with Gasteiger partial charge in [-0.1, -0.05) is 29.5 Å². The molecule has 0 fully saturated rings. The summed E-state index contributed by atoms with van der Waals surface area (Å²) in [7, 11) is -1.24. The molecule has 1 heterocycles. The van der Waals surface area contributed by atoms with Crippen molar-refractivity contribution in [2.75, 3.05) is 4.72 Å². The SMILES string of the molecule is O=S(Nc1ncc(Br)s1)c1ccccc1. The Hall–Kier alpha value is -0.720. The highest BCUT2D eigenvalue weighted by Gasteiger charge is 2.05. The van der Waals surface area contributed by atoms with Crippen LogP contribution in [-0.4, -0.2) is 9.19 Å². The highest BCUT2D eigenvalue weighted by atomic mass is 79.9. The van der Waals surface area contributed by atoms with Gasteiger partial charge in [0.25, 0.3) is 0 Å². The van der Waals surface area contributed by atoms with Gasteiger partial charge in [0, 0.05) is 0 Å². The number of anilines is 1. The zero-order valence-corrected chi connectivity index (χ0v) is 10.7. The van der Waals surface area contributed by atoms with Crippen LogP contribution in [0.4, 0.5) is 5.13 Å². The number of aromatic nitrogens is 1. The molecule has 2 rings (SSSR count). The summed E-state index contributed by atoms with van der Waals surface area (Å²) in [6.07, 6.45) is 1.68. The fourth-order valence-corrected chi connectivity index (χ4v) is 3.07. The first-order chi connectivity index (χ1) is 7.25. The van der Waals surface area contributed by atoms with Gasteiger partial charge in [-0.2, -0.15) is 0 Å². The van der Waals surface area contributed by atoms with E-state index in [1.165, 1.54) is 11.3 Å². The molecule has 1 atom stereocenters. The molecule has 0 aliphatic carbocycles. The first-order valence-corrected chi connectivity index (χ1v) is 6.86. The summed E-state index contributed by atoms with van der Waals surface area (Å²) >= 11 is 4.71. The third-order valence-electron chi connectivity index (χ3n) is 1.61. The first kappa shape index (κ1) is 10.8. The van der Waals surface area contributed by atoms with Crippen molar-refractivity contribution in [2.45, 2.75) is 4.90 Å². The fraction of sp³-hybridized carbons (Fsp3) is 0. The van der Waals surface area contributed by atoms with Gasteiger partial charge in [-0.05, 0) is 28.1 Å². The molecule has 0 amide bonds. The average Bonchev–Trinajstić information content (AvgIpc) is 2.65. The molecule has 0 saturated heterocycles. The predicted octanol–water partition coefficient (Wildman–Crippen LogP) is 3.04. The second-order valence-electron chi connectivity index (χ2n) is 2.65. The number of thiazole rings is 1. The highest BCUT2D eigenvalue weighted by Crippen LogP contribution is 2.24. The Morgan fingerprint density at radius 2 is 2.07 bits per heavy atom. The lowest BCUT2D eigenvalue weighted by atomic mass is 10.4. The molecule has 0 bridgehead atoms. The fourth-order valence-electron chi connectivity index (χ4n) is 0.984. The van der Waals surface area contributed by atoms with Crippen LogP contribution in [0.2, 0.25) is 0 Å². The van der Waals surface area contributed by atoms with E-state index in [0.717, 1.165) is 8.68 Å². The molecule has 1 aromatic carbocycles. The molecule has 1 N–H and O–H groups in total. The number of halogens is 1. The van der Waals surface area contributed by atoms with Crippen molar-refractivity contribution < 1.29 is 4.21 Å². The molecule has 78 valence electrons. The van der Waals surface area contributed by atoms with Gasteiger partial charge in [-0.25, -0.2) is 9.19 Å². The van der Waals surface area contributed by atoms with E-state index < -0.39 is 11.0 Å². The topological polar surface area (TPSA) is 42.0 Å². The Morgan fingerprint density at radius 1 is 1.33 bits per heavy atom. The summed E-state index contributed by atoms with van der Waals surface area (Å²) in [6.45, 7) is 0. The Bertz CT molecular complexity index is 472. The number of nitrogens with zero attached hydrogens (tertiary/aromatic N) is 1. The molecule has 0 saturated carbocycles. The van der Waals surface area contributed by atoms with Crippen molar-refractivity contribution in [1.82, 2.24) is 4.98 Å². The summed E-state index contributed by atoms with van der Waals surface area (Å²) in [5, 5.41) is 0.643. The van der Waals surface area contributed by atoms with Crippen LogP contribution in [-0.2, 0) is 11.0 Å². The third-order valence-corrected chi connectivity index (χ3v) is 4.21. The van der Waals surface area contributed by atoms with E-state index >= 15 is 0 Å². The molecule has 1 aromatic heterocycles. The van der Waals surface area contributed by atoms with Crippen LogP contribution in [0, 0.1) is 0 Å². The standard InChI is InChI=1S/C9H7BrN2OS2/c10-8-6-11-9(14-8)12-15(13)7-4-2-1-3-5-7/h1-6H,(H,11,12). The lowest BCUT2D eigenvalue weighted by Gasteiger charge is -2.01. The maximum absolute atomic E-state index is 11.8. The normalized spacial score (nSPS) is 12.3. The molecule has 0 aliphatic heterocycles. The monoisotopic (exact) mass is 302 g/mol. The Labute approximate surface area is 102 Å². The predicted molar refractivity (Wildman–Crippen MR) is 66.3 cm³/mol. The van der Waals surface area contributed by atoms with Gasteiger partial charge < -0.3 is 0 Å². The smallest absolute Gasteiger partial charge is 0.195 e. The molecule has 0 spiro atoms. The molecule has 1 unspecified atom stereocenters. The van der Waals surface area contributed by atoms with Crippen LogP contribution in [0.3, 0.4) is 0 Å². The molecule has 6 heteroatoms. The van der Waals surface area contributed by atoms with E-state index in [4.69, 9.17) is 0 Å². The lowest BCUT2D eigenvalue weighted by Crippen LogP contribution is -2.03. The quantitative estimate of drug-likeness (QED) is 0.947. The summed E-state index contributed by atoms with van der Waals surface area (Å²) in [5.41, 5.74) is 0. The van der Waals surface area contributed by atoms with Crippen molar-refractivity contribution in [2.24, 2.45) is 0 Å². The van der Waals surface area contributed by atoms with Gasteiger partial charge in [0.05, 0.1) is 14.9 Å². The minimum Gasteiger partial charge on any atom is -0.277 e. The van der Waals surface area contributed by atoms with Crippen molar-refractivity contribution >= 4 is 43.4 Å². The van der Waals surface area contributed by atoms with Crippen molar-refractivity contribution in [3.63, 3.8) is 0 Å². The molecule has 2 aromatic rings. The number of hydrogen-bond acceptors (Lipinski definition) is 3. The third kappa shape index (κ3) is 2.87. The number of benzene rings is 1. The van der Waals surface area contributed by atoms with E-state index in [2.05, 4.69) is 25.6 Å². The molecule has 0 radical (unpaired) electrons. The second kappa shape index (κ2) is 4.87. The minimum atomic E-state index is -1.24. The van der Waals surface area contributed by atoms with Gasteiger partial charge in [-0.15, -0.1) is 0 Å². The first-order valence-electron chi connectivity index (χ1n) is 4.10. The van der Waals surface area contributed by atoms with E-state index in [0.29, 0.717) is 5.13 Å². The number of rotatable bonds is 3. The van der Waals surface area contributed by atoms with Gasteiger partial charge >= 0.3 is 0 Å². The Morgan fingerprint density at radius 3 is 2.67 bits per heavy atom. The van der Waals surface area contributed by atoms with Crippen LogP contribution in [0.1, 0.15) is 0 Å². The van der Waals surface area contributed by atoms with Crippen LogP contribution < -0.4 is 4.72 Å². The van der Waals surface area contributed by atoms with Gasteiger partial charge in [0.15, 0.2) is 16.1 Å². The van der Waals surface area contributed by atoms with Crippen molar-refractivity contribution in [1.29, 1.82) is 0 Å². The molecule has 3 nitrogen and oxygen atoms in total. The Balaban J connectivity index is 2.11. The zero-order chi connectivity index (χ0) is 10.7. The van der Waals surface area contributed by atoms with Gasteiger partial charge in [0.1, 0.15) is 0 Å². The summed E-state index contributed by atoms with van der Waals surface area (Å²) in [4.78, 5) is 4.79. The molecular formula is C9H7BrN2OS2. The minimum absolute atomic E-state index is 0.643. The lowest BCUT2D eigenvalue weighted by molar-refractivity contribution is 0.686. The van der Waals surface area contributed by atoms with Gasteiger partial charge in [0.2, 0.25) is 0 Å². The number of nitrogens with one attached hydrogen (secondary N) is 1. The summed E-state index contributed by atoms with van der Waals surface area (Å²) < 4.78 is 15.5. The van der Waals surface area contributed by atoms with Crippen LogP contribution in [0.25, 0.3) is 0 Å². The summed E-state index contributed by atoms with van der Waals surface area (Å²) in [6, 6.07) is 9.22. The number of hydrogen-bond donors (Lipinski definition) is 1. The Kier molecular flexibility index (Phi) is 3.50. The van der Waals surface area contributed by atoms with Crippen LogP contribution in [0.15, 0.2) is 45.2 Å². The largest absolute Gasteiger partial charge is 0.277 e. The second-order valence-corrected chi connectivity index (χ2v) is 6.28. The van der Waals surface area contributed by atoms with E-state index in [1.54, 1.807) is 6.20 Å². The average molecular weight is 303 g/mol. The maximum atomic E-state index is 11.8. The highest BCUT2D eigenvalue weighted by molar-refractivity contribution is 9.11. The molecular weight excluding hydrogens is 296 g/mol. The van der Waals surface area contributed by atoms with Crippen molar-refractivity contribution in [3.8, 4) is 0 Å². The van der Waals surface area contributed by atoms with E-state index in [1.807, 2.05) is 30.3 Å². The molecule has 15 heavy (non-hydrogen) atoms. The van der Waals surface area contributed by atoms with Gasteiger partial charge in [-0.3, -0.25) is 4.72 Å². The van der Waals surface area contributed by atoms with Crippen molar-refractivity contribution in [3.05, 3.63) is 40.3 Å². The molecule has 0 aliphatic rings. The van der Waals surface area contributed by atoms with E-state index in [9.17, 15) is 4.21 Å². The summed E-state index contributed by atoms with van der Waals surface area (Å²) in [5.74, 6) is 0. The van der Waals surface area contributed by atoms with E-state index in [-0.39, 0.29) is 0 Å².